The van der Waals surface area contributed by atoms with Gasteiger partial charge in [0.05, 0.1) is 11.7 Å². The summed E-state index contributed by atoms with van der Waals surface area (Å²) in [5.74, 6) is 0. The van der Waals surface area contributed by atoms with Gasteiger partial charge in [-0.15, -0.1) is 0 Å². The highest BCUT2D eigenvalue weighted by molar-refractivity contribution is 5.80. The van der Waals surface area contributed by atoms with Gasteiger partial charge in [-0.05, 0) is 18.6 Å². The van der Waals surface area contributed by atoms with Crippen molar-refractivity contribution in [2.45, 2.75) is 6.92 Å². The Morgan fingerprint density at radius 2 is 1.94 bits per heavy atom. The summed E-state index contributed by atoms with van der Waals surface area (Å²) in [4.78, 5) is 4.42. The van der Waals surface area contributed by atoms with Crippen molar-refractivity contribution in [1.29, 1.82) is 0 Å². The molecule has 0 unspecified atom stereocenters. The maximum Gasteiger partial charge on any atom is 0.108 e. The molecule has 0 saturated carbocycles. The largest absolute Gasteiger partial charge is 0.266 e. The van der Waals surface area contributed by atoms with Gasteiger partial charge < -0.3 is 0 Å². The van der Waals surface area contributed by atoms with Gasteiger partial charge in [-0.2, -0.15) is 5.10 Å². The first kappa shape index (κ1) is 10.0. The van der Waals surface area contributed by atoms with Crippen molar-refractivity contribution in [1.82, 2.24) is 14.8 Å². The molecule has 84 valence electrons. The summed E-state index contributed by atoms with van der Waals surface area (Å²) < 4.78 is 1.85. The maximum absolute atomic E-state index is 4.42. The number of hydrogen-bond acceptors (Lipinski definition) is 2. The number of fused-ring (bicyclic) bond motifs is 1. The quantitative estimate of drug-likeness (QED) is 0.635. The zero-order valence-electron chi connectivity index (χ0n) is 9.88. The molecular formula is C14H13N3. The van der Waals surface area contributed by atoms with Crippen LogP contribution < -0.4 is 0 Å². The molecule has 2 aromatic heterocycles. The van der Waals surface area contributed by atoms with E-state index in [0.29, 0.717) is 0 Å². The summed E-state index contributed by atoms with van der Waals surface area (Å²) >= 11 is 0. The van der Waals surface area contributed by atoms with Crippen LogP contribution in [-0.2, 0) is 7.05 Å². The lowest BCUT2D eigenvalue weighted by molar-refractivity contribution is 0.797. The van der Waals surface area contributed by atoms with Crippen molar-refractivity contribution in [3.05, 3.63) is 48.3 Å². The van der Waals surface area contributed by atoms with E-state index in [4.69, 9.17) is 0 Å². The van der Waals surface area contributed by atoms with E-state index in [1.807, 2.05) is 17.9 Å². The van der Waals surface area contributed by atoms with E-state index in [2.05, 4.69) is 47.3 Å². The fourth-order valence-electron chi connectivity index (χ4n) is 2.01. The normalized spacial score (nSPS) is 10.9. The lowest BCUT2D eigenvalue weighted by atomic mass is 10.1. The predicted octanol–water partition coefficient (Wildman–Crippen LogP) is 2.94. The van der Waals surface area contributed by atoms with Gasteiger partial charge in [0.15, 0.2) is 0 Å². The molecule has 0 N–H and O–H groups in total. The first-order valence-electron chi connectivity index (χ1n) is 5.59. The number of pyridine rings is 1. The predicted molar refractivity (Wildman–Crippen MR) is 68.7 cm³/mol. The average Bonchev–Trinajstić information content (AvgIpc) is 2.71. The van der Waals surface area contributed by atoms with Crippen molar-refractivity contribution in [2.24, 2.45) is 7.05 Å². The summed E-state index contributed by atoms with van der Waals surface area (Å²) in [5, 5.41) is 4.20. The van der Waals surface area contributed by atoms with E-state index >= 15 is 0 Å². The van der Waals surface area contributed by atoms with Crippen molar-refractivity contribution in [3.8, 4) is 11.1 Å². The molecule has 0 aliphatic carbocycles. The van der Waals surface area contributed by atoms with Crippen molar-refractivity contribution in [2.75, 3.05) is 0 Å². The Morgan fingerprint density at radius 3 is 2.76 bits per heavy atom. The van der Waals surface area contributed by atoms with Gasteiger partial charge in [0.25, 0.3) is 0 Å². The van der Waals surface area contributed by atoms with Crippen LogP contribution in [0.3, 0.4) is 0 Å². The van der Waals surface area contributed by atoms with Gasteiger partial charge in [-0.25, -0.2) is 0 Å². The average molecular weight is 223 g/mol. The van der Waals surface area contributed by atoms with Crippen molar-refractivity contribution in [3.63, 3.8) is 0 Å². The second kappa shape index (κ2) is 3.70. The zero-order valence-corrected chi connectivity index (χ0v) is 9.88. The van der Waals surface area contributed by atoms with E-state index < -0.39 is 0 Å². The van der Waals surface area contributed by atoms with E-state index in [1.165, 1.54) is 11.1 Å². The van der Waals surface area contributed by atoms with Crippen LogP contribution in [0.1, 0.15) is 5.56 Å². The molecule has 3 nitrogen and oxygen atoms in total. The Bertz CT molecular complexity index is 683. The smallest absolute Gasteiger partial charge is 0.108 e. The molecule has 0 spiro atoms. The minimum absolute atomic E-state index is 0.934. The van der Waals surface area contributed by atoms with Gasteiger partial charge in [-0.1, -0.05) is 29.8 Å². The molecule has 0 saturated heterocycles. The summed E-state index contributed by atoms with van der Waals surface area (Å²) in [5.41, 5.74) is 5.57. The lowest BCUT2D eigenvalue weighted by Gasteiger charge is -2.03. The third-order valence-electron chi connectivity index (χ3n) is 2.95. The molecule has 3 heteroatoms. The Balaban J connectivity index is 2.20. The Morgan fingerprint density at radius 1 is 1.06 bits per heavy atom. The van der Waals surface area contributed by atoms with E-state index in [-0.39, 0.29) is 0 Å². The van der Waals surface area contributed by atoms with E-state index in [1.54, 1.807) is 6.20 Å². The highest BCUT2D eigenvalue weighted by Gasteiger charge is 2.04. The molecule has 3 aromatic rings. The first-order valence-corrected chi connectivity index (χ1v) is 5.59. The standard InChI is InChI=1S/C14H13N3/c1-10-4-3-5-11(6-10)12-7-14-13(15-8-12)9-16-17(14)2/h3-9H,1-2H3. The fourth-order valence-corrected chi connectivity index (χ4v) is 2.01. The number of benzene rings is 1. The fraction of sp³-hybridized carbons (Fsp3) is 0.143. The van der Waals surface area contributed by atoms with Crippen LogP contribution in [0.2, 0.25) is 0 Å². The van der Waals surface area contributed by atoms with Gasteiger partial charge in [0.2, 0.25) is 0 Å². The van der Waals surface area contributed by atoms with Crippen LogP contribution in [0.5, 0.6) is 0 Å². The third kappa shape index (κ3) is 1.69. The molecule has 0 aliphatic heterocycles. The Labute approximate surface area is 99.7 Å². The Hall–Kier alpha value is -2.16. The molecule has 0 amide bonds. The monoisotopic (exact) mass is 223 g/mol. The second-order valence-corrected chi connectivity index (χ2v) is 4.27. The first-order chi connectivity index (χ1) is 8.24. The molecular weight excluding hydrogens is 210 g/mol. The van der Waals surface area contributed by atoms with Crippen LogP contribution >= 0.6 is 0 Å². The maximum atomic E-state index is 4.42. The van der Waals surface area contributed by atoms with Crippen LogP contribution in [0.25, 0.3) is 22.2 Å². The molecule has 1 aromatic carbocycles. The van der Waals surface area contributed by atoms with Gasteiger partial charge in [0, 0.05) is 18.8 Å². The number of hydrogen-bond donors (Lipinski definition) is 0. The van der Waals surface area contributed by atoms with Gasteiger partial charge in [-0.3, -0.25) is 9.67 Å². The molecule has 0 radical (unpaired) electrons. The minimum atomic E-state index is 0.934. The summed E-state index contributed by atoms with van der Waals surface area (Å²) in [7, 11) is 1.93. The van der Waals surface area contributed by atoms with Gasteiger partial charge in [0.1, 0.15) is 5.52 Å². The van der Waals surface area contributed by atoms with Crippen LogP contribution in [-0.4, -0.2) is 14.8 Å². The van der Waals surface area contributed by atoms with Crippen LogP contribution in [0.4, 0.5) is 0 Å². The molecule has 0 atom stereocenters. The van der Waals surface area contributed by atoms with E-state index in [0.717, 1.165) is 16.6 Å². The number of aromatic nitrogens is 3. The molecule has 0 fully saturated rings. The van der Waals surface area contributed by atoms with E-state index in [9.17, 15) is 0 Å². The second-order valence-electron chi connectivity index (χ2n) is 4.27. The van der Waals surface area contributed by atoms with Crippen molar-refractivity contribution < 1.29 is 0 Å². The number of nitrogens with zero attached hydrogens (tertiary/aromatic N) is 3. The zero-order chi connectivity index (χ0) is 11.8. The van der Waals surface area contributed by atoms with Crippen LogP contribution in [0.15, 0.2) is 42.7 Å². The minimum Gasteiger partial charge on any atom is -0.266 e. The molecule has 17 heavy (non-hydrogen) atoms. The molecule has 0 aliphatic rings. The third-order valence-corrected chi connectivity index (χ3v) is 2.95. The lowest BCUT2D eigenvalue weighted by Crippen LogP contribution is -1.90. The summed E-state index contributed by atoms with van der Waals surface area (Å²) in [6, 6.07) is 10.6. The SMILES string of the molecule is Cc1cccc(-c2cnc3cnn(C)c3c2)c1. The topological polar surface area (TPSA) is 30.7 Å². The summed E-state index contributed by atoms with van der Waals surface area (Å²) in [6.07, 6.45) is 3.69. The molecule has 0 bridgehead atoms. The van der Waals surface area contributed by atoms with Crippen molar-refractivity contribution >= 4 is 11.0 Å². The molecule has 3 rings (SSSR count). The number of aryl methyl sites for hydroxylation is 2. The highest BCUT2D eigenvalue weighted by Crippen LogP contribution is 2.22. The Kier molecular flexibility index (Phi) is 2.18. The summed E-state index contributed by atoms with van der Waals surface area (Å²) in [6.45, 7) is 2.10. The van der Waals surface area contributed by atoms with Gasteiger partial charge >= 0.3 is 0 Å². The number of rotatable bonds is 1. The highest BCUT2D eigenvalue weighted by atomic mass is 15.3. The van der Waals surface area contributed by atoms with Crippen LogP contribution in [0, 0.1) is 6.92 Å². The molecule has 2 heterocycles.